The minimum atomic E-state index is -3.68. The second-order valence-corrected chi connectivity index (χ2v) is 6.62. The molecule has 0 saturated heterocycles. The van der Waals surface area contributed by atoms with Crippen molar-refractivity contribution < 1.29 is 12.8 Å². The third-order valence-corrected chi connectivity index (χ3v) is 4.62. The van der Waals surface area contributed by atoms with Gasteiger partial charge in [-0.15, -0.1) is 0 Å². The Balaban J connectivity index is 2.85. The average molecular weight is 292 g/mol. The largest absolute Gasteiger partial charge is 0.398 e. The number of hydrogen-bond acceptors (Lipinski definition) is 4. The van der Waals surface area contributed by atoms with E-state index in [1.807, 2.05) is 6.26 Å². The summed E-state index contributed by atoms with van der Waals surface area (Å²) in [6, 6.07) is 2.26. The van der Waals surface area contributed by atoms with E-state index in [-0.39, 0.29) is 16.1 Å². The molecule has 0 heterocycles. The number of nitrogens with one attached hydrogen (secondary N) is 1. The van der Waals surface area contributed by atoms with E-state index in [9.17, 15) is 12.8 Å². The summed E-state index contributed by atoms with van der Waals surface area (Å²) in [4.78, 5) is -0.132. The van der Waals surface area contributed by atoms with Gasteiger partial charge in [-0.3, -0.25) is 0 Å². The fourth-order valence-corrected chi connectivity index (χ4v) is 2.89. The van der Waals surface area contributed by atoms with Crippen molar-refractivity contribution in [3.63, 3.8) is 0 Å². The summed E-state index contributed by atoms with van der Waals surface area (Å²) >= 11 is 1.64. The molecule has 1 aromatic carbocycles. The molecule has 0 atom stereocenters. The molecule has 1 rings (SSSR count). The van der Waals surface area contributed by atoms with Crippen LogP contribution in [0.3, 0.4) is 0 Å². The number of nitrogen functional groups attached to an aromatic ring is 1. The molecule has 18 heavy (non-hydrogen) atoms. The van der Waals surface area contributed by atoms with Gasteiger partial charge < -0.3 is 5.73 Å². The van der Waals surface area contributed by atoms with E-state index in [4.69, 9.17) is 5.73 Å². The number of hydrogen-bond donors (Lipinski definition) is 2. The molecule has 0 amide bonds. The van der Waals surface area contributed by atoms with Gasteiger partial charge in [0.15, 0.2) is 0 Å². The number of sulfonamides is 1. The van der Waals surface area contributed by atoms with Gasteiger partial charge in [0.2, 0.25) is 10.0 Å². The Morgan fingerprint density at radius 2 is 2.11 bits per heavy atom. The lowest BCUT2D eigenvalue weighted by molar-refractivity contribution is 0.576. The van der Waals surface area contributed by atoms with Gasteiger partial charge in [-0.05, 0) is 37.5 Å². The highest BCUT2D eigenvalue weighted by atomic mass is 32.2. The predicted octanol–water partition coefficient (Wildman–Crippen LogP) is 1.75. The number of benzene rings is 1. The summed E-state index contributed by atoms with van der Waals surface area (Å²) in [6.07, 6.45) is 2.68. The molecule has 0 aliphatic carbocycles. The highest BCUT2D eigenvalue weighted by Crippen LogP contribution is 2.20. The zero-order chi connectivity index (χ0) is 13.8. The van der Waals surface area contributed by atoms with Crippen molar-refractivity contribution in [2.75, 3.05) is 24.3 Å². The van der Waals surface area contributed by atoms with Crippen molar-refractivity contribution in [2.45, 2.75) is 18.2 Å². The Labute approximate surface area is 111 Å². The van der Waals surface area contributed by atoms with Crippen molar-refractivity contribution in [3.05, 3.63) is 23.5 Å². The molecule has 0 fully saturated rings. The van der Waals surface area contributed by atoms with Crippen molar-refractivity contribution in [1.29, 1.82) is 0 Å². The maximum Gasteiger partial charge on any atom is 0.240 e. The Hall–Kier alpha value is -0.790. The van der Waals surface area contributed by atoms with E-state index in [0.29, 0.717) is 6.54 Å². The Morgan fingerprint density at radius 1 is 1.44 bits per heavy atom. The van der Waals surface area contributed by atoms with E-state index < -0.39 is 15.8 Å². The number of anilines is 1. The van der Waals surface area contributed by atoms with E-state index in [2.05, 4.69) is 4.72 Å². The van der Waals surface area contributed by atoms with Crippen LogP contribution in [-0.2, 0) is 10.0 Å². The molecule has 0 aliphatic rings. The summed E-state index contributed by atoms with van der Waals surface area (Å²) < 4.78 is 39.6. The zero-order valence-electron chi connectivity index (χ0n) is 10.4. The van der Waals surface area contributed by atoms with Gasteiger partial charge in [-0.25, -0.2) is 17.5 Å². The van der Waals surface area contributed by atoms with Gasteiger partial charge in [-0.2, -0.15) is 11.8 Å². The third-order valence-electron chi connectivity index (χ3n) is 2.49. The fraction of sp³-hybridized carbons (Fsp3) is 0.455. The van der Waals surface area contributed by atoms with Crippen LogP contribution >= 0.6 is 11.8 Å². The number of rotatable bonds is 6. The molecule has 102 valence electrons. The summed E-state index contributed by atoms with van der Waals surface area (Å²) in [5, 5.41) is 0. The van der Waals surface area contributed by atoms with E-state index in [1.54, 1.807) is 11.8 Å². The maximum absolute atomic E-state index is 13.4. The highest BCUT2D eigenvalue weighted by Gasteiger charge is 2.16. The molecule has 1 aromatic rings. The number of nitrogens with two attached hydrogens (primary N) is 1. The summed E-state index contributed by atoms with van der Waals surface area (Å²) in [7, 11) is -3.68. The summed E-state index contributed by atoms with van der Waals surface area (Å²) in [6.45, 7) is 1.84. The Morgan fingerprint density at radius 3 is 2.67 bits per heavy atom. The second-order valence-electron chi connectivity index (χ2n) is 3.86. The quantitative estimate of drug-likeness (QED) is 0.619. The molecule has 4 nitrogen and oxygen atoms in total. The van der Waals surface area contributed by atoms with Crippen molar-refractivity contribution >= 4 is 27.5 Å². The minimum absolute atomic E-state index is 0.132. The molecule has 0 saturated carbocycles. The van der Waals surface area contributed by atoms with Crippen LogP contribution in [0.15, 0.2) is 17.0 Å². The van der Waals surface area contributed by atoms with Gasteiger partial charge in [0.1, 0.15) is 5.82 Å². The number of thioether (sulfide) groups is 1. The average Bonchev–Trinajstić information content (AvgIpc) is 2.31. The zero-order valence-corrected chi connectivity index (χ0v) is 12.0. The van der Waals surface area contributed by atoms with Crippen LogP contribution in [0, 0.1) is 12.7 Å². The van der Waals surface area contributed by atoms with Crippen LogP contribution in [0.25, 0.3) is 0 Å². The van der Waals surface area contributed by atoms with Crippen molar-refractivity contribution in [2.24, 2.45) is 0 Å². The highest BCUT2D eigenvalue weighted by molar-refractivity contribution is 7.98. The first-order valence-corrected chi connectivity index (χ1v) is 8.30. The predicted molar refractivity (Wildman–Crippen MR) is 73.7 cm³/mol. The summed E-state index contributed by atoms with van der Waals surface area (Å²) in [5.41, 5.74) is 5.96. The Bertz CT molecular complexity index is 495. The van der Waals surface area contributed by atoms with Gasteiger partial charge in [0, 0.05) is 17.8 Å². The Kier molecular flexibility index (Phi) is 5.43. The van der Waals surface area contributed by atoms with E-state index in [1.165, 1.54) is 13.0 Å². The van der Waals surface area contributed by atoms with Crippen LogP contribution in [0.1, 0.15) is 12.0 Å². The first kappa shape index (κ1) is 15.3. The third kappa shape index (κ3) is 3.86. The number of halogens is 1. The van der Waals surface area contributed by atoms with E-state index >= 15 is 0 Å². The van der Waals surface area contributed by atoms with E-state index in [0.717, 1.165) is 18.2 Å². The molecule has 0 bridgehead atoms. The second kappa shape index (κ2) is 6.40. The van der Waals surface area contributed by atoms with Crippen LogP contribution in [-0.4, -0.2) is 27.0 Å². The molecular weight excluding hydrogens is 275 g/mol. The molecule has 0 aromatic heterocycles. The van der Waals surface area contributed by atoms with Gasteiger partial charge >= 0.3 is 0 Å². The smallest absolute Gasteiger partial charge is 0.240 e. The molecule has 0 spiro atoms. The molecule has 0 radical (unpaired) electrons. The normalized spacial score (nSPS) is 11.7. The SMILES string of the molecule is CSCCCNS(=O)(=O)c1cc(N)c(C)c(F)c1. The topological polar surface area (TPSA) is 72.2 Å². The summed E-state index contributed by atoms with van der Waals surface area (Å²) in [5.74, 6) is 0.256. The lowest BCUT2D eigenvalue weighted by Crippen LogP contribution is -2.25. The lowest BCUT2D eigenvalue weighted by atomic mass is 10.2. The molecule has 7 heteroatoms. The van der Waals surface area contributed by atoms with Gasteiger partial charge in [0.05, 0.1) is 4.90 Å². The minimum Gasteiger partial charge on any atom is -0.398 e. The van der Waals surface area contributed by atoms with Crippen LogP contribution in [0.2, 0.25) is 0 Å². The monoisotopic (exact) mass is 292 g/mol. The fourth-order valence-electron chi connectivity index (χ4n) is 1.34. The van der Waals surface area contributed by atoms with Crippen molar-refractivity contribution in [3.8, 4) is 0 Å². The van der Waals surface area contributed by atoms with Crippen LogP contribution < -0.4 is 10.5 Å². The first-order valence-electron chi connectivity index (χ1n) is 5.42. The van der Waals surface area contributed by atoms with Gasteiger partial charge in [0.25, 0.3) is 0 Å². The van der Waals surface area contributed by atoms with Crippen LogP contribution in [0.5, 0.6) is 0 Å². The lowest BCUT2D eigenvalue weighted by Gasteiger charge is -2.09. The molecule has 0 aliphatic heterocycles. The van der Waals surface area contributed by atoms with Gasteiger partial charge in [-0.1, -0.05) is 0 Å². The molecule has 3 N–H and O–H groups in total. The molecule has 0 unspecified atom stereocenters. The van der Waals surface area contributed by atoms with Crippen molar-refractivity contribution in [1.82, 2.24) is 4.72 Å². The first-order chi connectivity index (χ1) is 8.38. The standard InChI is InChI=1S/C11H17FN2O2S2/c1-8-10(12)6-9(7-11(8)13)18(15,16)14-4-3-5-17-2/h6-7,14H,3-5,13H2,1-2H3. The van der Waals surface area contributed by atoms with Crippen LogP contribution in [0.4, 0.5) is 10.1 Å². The molecular formula is C11H17FN2O2S2. The maximum atomic E-state index is 13.4.